The predicted molar refractivity (Wildman–Crippen MR) is 87.1 cm³/mol. The van der Waals surface area contributed by atoms with E-state index in [-0.39, 0.29) is 5.91 Å². The number of carbonyl (C=O) groups is 2. The third-order valence-electron chi connectivity index (χ3n) is 4.71. The third kappa shape index (κ3) is 4.55. The standard InChI is InChI=1S/C18H25NO4/c1-23-12-11-18(9-5-6-10-18)17(22)19-15(16(20)21)13-14-7-3-2-4-8-14/h2-4,7-8,15H,5-6,9-13H2,1H3,(H,19,22)(H,20,21)/t15-/m0/s1. The number of ether oxygens (including phenoxy) is 1. The summed E-state index contributed by atoms with van der Waals surface area (Å²) in [5, 5.41) is 12.2. The van der Waals surface area contributed by atoms with Crippen molar-refractivity contribution in [2.75, 3.05) is 13.7 Å². The fourth-order valence-corrected chi connectivity index (χ4v) is 3.30. The molecule has 1 aliphatic rings. The quantitative estimate of drug-likeness (QED) is 0.771. The molecule has 0 spiro atoms. The van der Waals surface area contributed by atoms with E-state index in [4.69, 9.17) is 4.74 Å². The summed E-state index contributed by atoms with van der Waals surface area (Å²) in [6.07, 6.45) is 4.57. The van der Waals surface area contributed by atoms with Crippen LogP contribution in [0.2, 0.25) is 0 Å². The highest BCUT2D eigenvalue weighted by molar-refractivity contribution is 5.87. The lowest BCUT2D eigenvalue weighted by atomic mass is 9.81. The molecule has 1 amide bonds. The topological polar surface area (TPSA) is 75.6 Å². The largest absolute Gasteiger partial charge is 0.480 e. The molecule has 23 heavy (non-hydrogen) atoms. The molecule has 5 heteroatoms. The first-order chi connectivity index (χ1) is 11.1. The number of carbonyl (C=O) groups excluding carboxylic acids is 1. The van der Waals surface area contributed by atoms with Crippen molar-refractivity contribution in [3.05, 3.63) is 35.9 Å². The number of hydrogen-bond acceptors (Lipinski definition) is 3. The first-order valence-electron chi connectivity index (χ1n) is 8.14. The van der Waals surface area contributed by atoms with E-state index in [2.05, 4.69) is 5.32 Å². The van der Waals surface area contributed by atoms with E-state index in [1.165, 1.54) is 0 Å². The molecule has 0 heterocycles. The highest BCUT2D eigenvalue weighted by Gasteiger charge is 2.41. The van der Waals surface area contributed by atoms with Crippen molar-refractivity contribution in [3.63, 3.8) is 0 Å². The van der Waals surface area contributed by atoms with Crippen molar-refractivity contribution >= 4 is 11.9 Å². The number of nitrogens with one attached hydrogen (secondary N) is 1. The van der Waals surface area contributed by atoms with Gasteiger partial charge in [0.25, 0.3) is 0 Å². The number of carboxylic acid groups (broad SMARTS) is 1. The van der Waals surface area contributed by atoms with Crippen LogP contribution < -0.4 is 5.32 Å². The Morgan fingerprint density at radius 3 is 2.48 bits per heavy atom. The summed E-state index contributed by atoms with van der Waals surface area (Å²) < 4.78 is 5.13. The van der Waals surface area contributed by atoms with Gasteiger partial charge in [0.05, 0.1) is 5.41 Å². The molecule has 0 bridgehead atoms. The van der Waals surface area contributed by atoms with E-state index in [9.17, 15) is 14.7 Å². The van der Waals surface area contributed by atoms with E-state index in [1.54, 1.807) is 7.11 Å². The van der Waals surface area contributed by atoms with E-state index in [0.29, 0.717) is 19.4 Å². The normalized spacial score (nSPS) is 17.6. The molecule has 0 aliphatic heterocycles. The van der Waals surface area contributed by atoms with E-state index < -0.39 is 17.4 Å². The molecule has 1 aliphatic carbocycles. The predicted octanol–water partition coefficient (Wildman–Crippen LogP) is 2.40. The molecule has 5 nitrogen and oxygen atoms in total. The highest BCUT2D eigenvalue weighted by Crippen LogP contribution is 2.41. The lowest BCUT2D eigenvalue weighted by Crippen LogP contribution is -2.49. The molecule has 1 fully saturated rings. The Hall–Kier alpha value is -1.88. The number of methoxy groups -OCH3 is 1. The molecule has 1 saturated carbocycles. The van der Waals surface area contributed by atoms with Gasteiger partial charge in [-0.15, -0.1) is 0 Å². The van der Waals surface area contributed by atoms with Gasteiger partial charge in [-0.05, 0) is 24.8 Å². The maximum atomic E-state index is 12.7. The maximum absolute atomic E-state index is 12.7. The van der Waals surface area contributed by atoms with E-state index in [0.717, 1.165) is 31.2 Å². The Balaban J connectivity index is 2.06. The Morgan fingerprint density at radius 1 is 1.26 bits per heavy atom. The molecule has 2 N–H and O–H groups in total. The van der Waals surface area contributed by atoms with Gasteiger partial charge in [0.15, 0.2) is 0 Å². The number of aliphatic carboxylic acids is 1. The van der Waals surface area contributed by atoms with Crippen LogP contribution in [0.15, 0.2) is 30.3 Å². The molecule has 1 aromatic carbocycles. The average molecular weight is 319 g/mol. The Bertz CT molecular complexity index is 523. The molecule has 0 saturated heterocycles. The second-order valence-electron chi connectivity index (χ2n) is 6.28. The van der Waals surface area contributed by atoms with Crippen LogP contribution in [0.5, 0.6) is 0 Å². The molecule has 0 aromatic heterocycles. The summed E-state index contributed by atoms with van der Waals surface area (Å²) in [4.78, 5) is 24.3. The zero-order chi connectivity index (χ0) is 16.7. The van der Waals surface area contributed by atoms with Gasteiger partial charge in [-0.25, -0.2) is 4.79 Å². The van der Waals surface area contributed by atoms with Crippen molar-refractivity contribution in [1.82, 2.24) is 5.32 Å². The Labute approximate surface area is 137 Å². The molecular weight excluding hydrogens is 294 g/mol. The van der Waals surface area contributed by atoms with E-state index >= 15 is 0 Å². The molecule has 1 atom stereocenters. The van der Waals surface area contributed by atoms with Gasteiger partial charge in [-0.1, -0.05) is 43.2 Å². The summed E-state index contributed by atoms with van der Waals surface area (Å²) in [7, 11) is 1.62. The van der Waals surface area contributed by atoms with E-state index in [1.807, 2.05) is 30.3 Å². The SMILES string of the molecule is COCCC1(C(=O)N[C@@H](Cc2ccccc2)C(=O)O)CCCC1. The van der Waals surface area contributed by atoms with Crippen LogP contribution in [-0.4, -0.2) is 36.7 Å². The van der Waals surface area contributed by atoms with Crippen molar-refractivity contribution in [2.45, 2.75) is 44.6 Å². The van der Waals surface area contributed by atoms with Crippen LogP contribution in [0.1, 0.15) is 37.7 Å². The van der Waals surface area contributed by atoms with Gasteiger partial charge in [0, 0.05) is 20.1 Å². The Kier molecular flexibility index (Phi) is 6.16. The summed E-state index contributed by atoms with van der Waals surface area (Å²) in [6, 6.07) is 8.47. The second-order valence-corrected chi connectivity index (χ2v) is 6.28. The number of benzene rings is 1. The van der Waals surface area contributed by atoms with Crippen molar-refractivity contribution in [3.8, 4) is 0 Å². The summed E-state index contributed by atoms with van der Waals surface area (Å²) in [6.45, 7) is 0.518. The van der Waals surface area contributed by atoms with Crippen LogP contribution in [0, 0.1) is 5.41 Å². The number of amides is 1. The van der Waals surface area contributed by atoms with Gasteiger partial charge in [-0.2, -0.15) is 0 Å². The first kappa shape index (κ1) is 17.5. The summed E-state index contributed by atoms with van der Waals surface area (Å²) >= 11 is 0. The monoisotopic (exact) mass is 319 g/mol. The van der Waals surface area contributed by atoms with Crippen molar-refractivity contribution in [1.29, 1.82) is 0 Å². The maximum Gasteiger partial charge on any atom is 0.326 e. The van der Waals surface area contributed by atoms with Crippen LogP contribution in [0.25, 0.3) is 0 Å². The van der Waals surface area contributed by atoms with Crippen LogP contribution in [-0.2, 0) is 20.7 Å². The minimum Gasteiger partial charge on any atom is -0.480 e. The van der Waals surface area contributed by atoms with Gasteiger partial charge in [-0.3, -0.25) is 4.79 Å². The van der Waals surface area contributed by atoms with Gasteiger partial charge < -0.3 is 15.2 Å². The minimum absolute atomic E-state index is 0.143. The van der Waals surface area contributed by atoms with Gasteiger partial charge in [0.2, 0.25) is 5.91 Å². The highest BCUT2D eigenvalue weighted by atomic mass is 16.5. The minimum atomic E-state index is -0.998. The van der Waals surface area contributed by atoms with Crippen LogP contribution in [0.3, 0.4) is 0 Å². The zero-order valence-electron chi connectivity index (χ0n) is 13.6. The molecular formula is C18H25NO4. The molecule has 2 rings (SSSR count). The van der Waals surface area contributed by atoms with Crippen molar-refractivity contribution in [2.24, 2.45) is 5.41 Å². The first-order valence-corrected chi connectivity index (χ1v) is 8.14. The fourth-order valence-electron chi connectivity index (χ4n) is 3.30. The number of rotatable bonds is 8. The molecule has 0 radical (unpaired) electrons. The lowest BCUT2D eigenvalue weighted by molar-refractivity contribution is -0.144. The van der Waals surface area contributed by atoms with Gasteiger partial charge >= 0.3 is 5.97 Å². The third-order valence-corrected chi connectivity index (χ3v) is 4.71. The van der Waals surface area contributed by atoms with Crippen LogP contribution >= 0.6 is 0 Å². The van der Waals surface area contributed by atoms with Crippen LogP contribution in [0.4, 0.5) is 0 Å². The molecule has 1 aromatic rings. The fraction of sp³-hybridized carbons (Fsp3) is 0.556. The summed E-state index contributed by atoms with van der Waals surface area (Å²) in [5.74, 6) is -1.14. The average Bonchev–Trinajstić information content (AvgIpc) is 3.03. The second kappa shape index (κ2) is 8.11. The Morgan fingerprint density at radius 2 is 1.91 bits per heavy atom. The zero-order valence-corrected chi connectivity index (χ0v) is 13.6. The lowest BCUT2D eigenvalue weighted by Gasteiger charge is -2.29. The summed E-state index contributed by atoms with van der Waals surface area (Å²) in [5.41, 5.74) is 0.429. The van der Waals surface area contributed by atoms with Crippen molar-refractivity contribution < 1.29 is 19.4 Å². The number of hydrogen-bond donors (Lipinski definition) is 2. The molecule has 0 unspecified atom stereocenters. The number of carboxylic acids is 1. The van der Waals surface area contributed by atoms with Gasteiger partial charge in [0.1, 0.15) is 6.04 Å². The molecule has 126 valence electrons. The smallest absolute Gasteiger partial charge is 0.326 e.